The molecular weight excluding hydrogens is 352 g/mol. The molecule has 2 atom stereocenters. The Morgan fingerprint density at radius 3 is 2.54 bits per heavy atom. The number of carbonyl (C=O) groups is 1. The van der Waals surface area contributed by atoms with Gasteiger partial charge in [-0.05, 0) is 37.3 Å². The summed E-state index contributed by atoms with van der Waals surface area (Å²) in [6.07, 6.45) is 4.28. The van der Waals surface area contributed by atoms with Crippen LogP contribution in [-0.2, 0) is 11.2 Å². The van der Waals surface area contributed by atoms with E-state index in [1.807, 2.05) is 48.5 Å². The van der Waals surface area contributed by atoms with Crippen molar-refractivity contribution in [1.29, 1.82) is 0 Å². The Bertz CT molecular complexity index is 1020. The van der Waals surface area contributed by atoms with E-state index in [-0.39, 0.29) is 23.6 Å². The average Bonchev–Trinajstić information content (AvgIpc) is 2.71. The zero-order valence-corrected chi connectivity index (χ0v) is 15.7. The lowest BCUT2D eigenvalue weighted by atomic mass is 9.90. The van der Waals surface area contributed by atoms with Crippen LogP contribution in [0.1, 0.15) is 31.2 Å². The molecule has 1 aliphatic rings. The molecule has 2 aromatic carbocycles. The quantitative estimate of drug-likeness (QED) is 0.639. The summed E-state index contributed by atoms with van der Waals surface area (Å²) < 4.78 is 0. The maximum Gasteiger partial charge on any atom is 0.272 e. The van der Waals surface area contributed by atoms with E-state index in [4.69, 9.17) is 0 Å². The van der Waals surface area contributed by atoms with Gasteiger partial charge in [-0.15, -0.1) is 0 Å². The summed E-state index contributed by atoms with van der Waals surface area (Å²) in [5.41, 5.74) is 0.838. The summed E-state index contributed by atoms with van der Waals surface area (Å²) in [6, 6.07) is 17.6. The Labute approximate surface area is 163 Å². The molecule has 3 N–H and O–H groups in total. The summed E-state index contributed by atoms with van der Waals surface area (Å²) in [5.74, 6) is 0.751. The molecule has 0 spiro atoms. The largest absolute Gasteiger partial charge is 0.365 e. The van der Waals surface area contributed by atoms with Crippen molar-refractivity contribution in [1.82, 2.24) is 15.5 Å². The van der Waals surface area contributed by atoms with Gasteiger partial charge in [0.25, 0.3) is 5.56 Å². The highest BCUT2D eigenvalue weighted by Gasteiger charge is 2.24. The number of benzene rings is 2. The van der Waals surface area contributed by atoms with Gasteiger partial charge in [0, 0.05) is 17.5 Å². The highest BCUT2D eigenvalue weighted by atomic mass is 16.1. The maximum absolute atomic E-state index is 12.4. The lowest BCUT2D eigenvalue weighted by Crippen LogP contribution is -2.42. The number of aromatic amines is 1. The number of hydrogen-bond donors (Lipinski definition) is 3. The summed E-state index contributed by atoms with van der Waals surface area (Å²) in [4.78, 5) is 24.3. The first-order chi connectivity index (χ1) is 13.7. The van der Waals surface area contributed by atoms with Gasteiger partial charge >= 0.3 is 0 Å². The third-order valence-electron chi connectivity index (χ3n) is 5.28. The summed E-state index contributed by atoms with van der Waals surface area (Å²) in [7, 11) is 0. The van der Waals surface area contributed by atoms with Crippen LogP contribution in [0.5, 0.6) is 0 Å². The second kappa shape index (κ2) is 8.25. The lowest BCUT2D eigenvalue weighted by molar-refractivity contribution is -0.121. The van der Waals surface area contributed by atoms with E-state index in [0.29, 0.717) is 17.6 Å². The zero-order valence-electron chi connectivity index (χ0n) is 15.7. The number of nitrogens with zero attached hydrogens (tertiary/aromatic N) is 1. The Morgan fingerprint density at radius 2 is 1.71 bits per heavy atom. The minimum atomic E-state index is -0.184. The van der Waals surface area contributed by atoms with Gasteiger partial charge < -0.3 is 10.6 Å². The Balaban J connectivity index is 1.40. The molecule has 1 aromatic heterocycles. The fourth-order valence-corrected chi connectivity index (χ4v) is 3.93. The molecule has 0 bridgehead atoms. The van der Waals surface area contributed by atoms with Crippen LogP contribution in [0.2, 0.25) is 0 Å². The monoisotopic (exact) mass is 376 g/mol. The van der Waals surface area contributed by atoms with Crippen LogP contribution in [-0.4, -0.2) is 28.2 Å². The molecule has 6 heteroatoms. The zero-order chi connectivity index (χ0) is 19.3. The van der Waals surface area contributed by atoms with Crippen LogP contribution in [0.25, 0.3) is 10.8 Å². The molecule has 0 saturated heterocycles. The van der Waals surface area contributed by atoms with Crippen LogP contribution in [0.3, 0.4) is 0 Å². The van der Waals surface area contributed by atoms with E-state index in [2.05, 4.69) is 20.8 Å². The standard InChI is InChI=1S/C22H24N4O2/c27-20(13-15-7-2-1-3-8-15)23-16-9-6-10-17(14-16)24-21-18-11-4-5-12-19(18)22(28)26-25-21/h1-5,7-8,11-12,16-17H,6,9-10,13-14H2,(H,23,27)(H,24,25)(H,26,28). The van der Waals surface area contributed by atoms with Crippen molar-refractivity contribution in [2.75, 3.05) is 5.32 Å². The molecule has 1 fully saturated rings. The number of H-pyrrole nitrogens is 1. The van der Waals surface area contributed by atoms with Crippen LogP contribution < -0.4 is 16.2 Å². The van der Waals surface area contributed by atoms with Gasteiger partial charge in [0.1, 0.15) is 0 Å². The highest BCUT2D eigenvalue weighted by molar-refractivity contribution is 5.90. The van der Waals surface area contributed by atoms with E-state index in [1.54, 1.807) is 6.07 Å². The molecule has 1 saturated carbocycles. The molecule has 1 heterocycles. The maximum atomic E-state index is 12.4. The van der Waals surface area contributed by atoms with Crippen molar-refractivity contribution in [3.05, 3.63) is 70.5 Å². The molecule has 28 heavy (non-hydrogen) atoms. The predicted octanol–water partition coefficient (Wildman–Crippen LogP) is 3.01. The average molecular weight is 376 g/mol. The normalized spacial score (nSPS) is 19.3. The summed E-state index contributed by atoms with van der Waals surface area (Å²) >= 11 is 0. The van der Waals surface area contributed by atoms with Crippen LogP contribution >= 0.6 is 0 Å². The summed E-state index contributed by atoms with van der Waals surface area (Å²) in [5, 5.41) is 14.9. The van der Waals surface area contributed by atoms with E-state index in [9.17, 15) is 9.59 Å². The third kappa shape index (κ3) is 4.22. The van der Waals surface area contributed by atoms with E-state index in [0.717, 1.165) is 36.6 Å². The number of amides is 1. The molecule has 1 amide bonds. The molecule has 0 radical (unpaired) electrons. The predicted molar refractivity (Wildman–Crippen MR) is 110 cm³/mol. The Hall–Kier alpha value is -3.15. The van der Waals surface area contributed by atoms with E-state index >= 15 is 0 Å². The van der Waals surface area contributed by atoms with E-state index in [1.165, 1.54) is 0 Å². The van der Waals surface area contributed by atoms with Gasteiger partial charge in [-0.1, -0.05) is 48.5 Å². The molecular formula is C22H24N4O2. The fourth-order valence-electron chi connectivity index (χ4n) is 3.93. The molecule has 3 aromatic rings. The molecule has 4 rings (SSSR count). The first-order valence-electron chi connectivity index (χ1n) is 9.76. The summed E-state index contributed by atoms with van der Waals surface area (Å²) in [6.45, 7) is 0. The smallest absolute Gasteiger partial charge is 0.272 e. The van der Waals surface area contributed by atoms with Gasteiger partial charge in [-0.25, -0.2) is 5.10 Å². The Kier molecular flexibility index (Phi) is 5.37. The van der Waals surface area contributed by atoms with Gasteiger partial charge in [-0.2, -0.15) is 5.10 Å². The number of rotatable bonds is 5. The number of aromatic nitrogens is 2. The van der Waals surface area contributed by atoms with Gasteiger partial charge in [-0.3, -0.25) is 9.59 Å². The van der Waals surface area contributed by atoms with Crippen molar-refractivity contribution >= 4 is 22.5 Å². The number of nitrogens with one attached hydrogen (secondary N) is 3. The molecule has 144 valence electrons. The van der Waals surface area contributed by atoms with Crippen molar-refractivity contribution in [2.24, 2.45) is 0 Å². The van der Waals surface area contributed by atoms with Gasteiger partial charge in [0.15, 0.2) is 5.82 Å². The van der Waals surface area contributed by atoms with Gasteiger partial charge in [0.2, 0.25) is 5.91 Å². The fraction of sp³-hybridized carbons (Fsp3) is 0.318. The number of fused-ring (bicyclic) bond motifs is 1. The molecule has 6 nitrogen and oxygen atoms in total. The number of hydrogen-bond acceptors (Lipinski definition) is 4. The second-order valence-electron chi connectivity index (χ2n) is 7.38. The number of carbonyl (C=O) groups excluding carboxylic acids is 1. The lowest BCUT2D eigenvalue weighted by Gasteiger charge is -2.30. The Morgan fingerprint density at radius 1 is 1.00 bits per heavy atom. The first kappa shape index (κ1) is 18.2. The SMILES string of the molecule is O=C(Cc1ccccc1)NC1CCCC(Nc2n[nH]c(=O)c3ccccc23)C1. The van der Waals surface area contributed by atoms with Gasteiger partial charge in [0.05, 0.1) is 11.8 Å². The third-order valence-corrected chi connectivity index (χ3v) is 5.28. The van der Waals surface area contributed by atoms with Crippen molar-refractivity contribution < 1.29 is 4.79 Å². The van der Waals surface area contributed by atoms with Crippen LogP contribution in [0.4, 0.5) is 5.82 Å². The molecule has 2 unspecified atom stereocenters. The molecule has 0 aliphatic heterocycles. The minimum Gasteiger partial charge on any atom is -0.365 e. The molecule has 1 aliphatic carbocycles. The highest BCUT2D eigenvalue weighted by Crippen LogP contribution is 2.24. The van der Waals surface area contributed by atoms with Crippen LogP contribution in [0, 0.1) is 0 Å². The van der Waals surface area contributed by atoms with Crippen LogP contribution in [0.15, 0.2) is 59.4 Å². The van der Waals surface area contributed by atoms with Crippen molar-refractivity contribution in [3.8, 4) is 0 Å². The van der Waals surface area contributed by atoms with Crippen molar-refractivity contribution in [3.63, 3.8) is 0 Å². The van der Waals surface area contributed by atoms with E-state index < -0.39 is 0 Å². The topological polar surface area (TPSA) is 86.9 Å². The second-order valence-corrected chi connectivity index (χ2v) is 7.38. The minimum absolute atomic E-state index is 0.0597. The van der Waals surface area contributed by atoms with Crippen molar-refractivity contribution in [2.45, 2.75) is 44.2 Å². The number of anilines is 1. The first-order valence-corrected chi connectivity index (χ1v) is 9.76.